The van der Waals surface area contributed by atoms with Crippen molar-refractivity contribution in [2.24, 2.45) is 0 Å². The molecule has 6 heteroatoms. The lowest BCUT2D eigenvalue weighted by molar-refractivity contribution is 0.0954. The van der Waals surface area contributed by atoms with Crippen LogP contribution in [0, 0.1) is 0 Å². The van der Waals surface area contributed by atoms with Gasteiger partial charge in [-0.05, 0) is 60.5 Å². The molecule has 6 nitrogen and oxygen atoms in total. The number of carbonyl (C=O) groups is 1. The fourth-order valence-electron chi connectivity index (χ4n) is 2.68. The van der Waals surface area contributed by atoms with Crippen LogP contribution < -0.4 is 20.1 Å². The summed E-state index contributed by atoms with van der Waals surface area (Å²) in [7, 11) is 3.27. The van der Waals surface area contributed by atoms with E-state index in [1.165, 1.54) is 0 Å². The number of hydrogen-bond acceptors (Lipinski definition) is 5. The van der Waals surface area contributed by atoms with E-state index in [1.807, 2.05) is 48.5 Å². The second kappa shape index (κ2) is 9.41. The number of nitrogens with one attached hydrogen (secondary N) is 2. The molecule has 3 aromatic rings. The summed E-state index contributed by atoms with van der Waals surface area (Å²) in [4.78, 5) is 16.7. The summed E-state index contributed by atoms with van der Waals surface area (Å²) < 4.78 is 10.3. The lowest BCUT2D eigenvalue weighted by Gasteiger charge is -2.09. The Morgan fingerprint density at radius 3 is 2.21 bits per heavy atom. The zero-order valence-corrected chi connectivity index (χ0v) is 15.9. The van der Waals surface area contributed by atoms with Crippen molar-refractivity contribution in [1.29, 1.82) is 0 Å². The second-order valence-electron chi connectivity index (χ2n) is 6.14. The molecule has 0 spiro atoms. The molecule has 1 heterocycles. The van der Waals surface area contributed by atoms with Crippen molar-refractivity contribution in [1.82, 2.24) is 10.3 Å². The number of aromatic nitrogens is 1. The Labute approximate surface area is 164 Å². The molecular formula is C22H23N3O3. The molecule has 0 bridgehead atoms. The molecule has 144 valence electrons. The Bertz CT molecular complexity index is 909. The van der Waals surface area contributed by atoms with Gasteiger partial charge in [0.1, 0.15) is 17.3 Å². The lowest BCUT2D eigenvalue weighted by Crippen LogP contribution is -2.25. The van der Waals surface area contributed by atoms with Gasteiger partial charge in [-0.3, -0.25) is 4.79 Å². The van der Waals surface area contributed by atoms with Crippen LogP contribution in [0.15, 0.2) is 66.9 Å². The summed E-state index contributed by atoms with van der Waals surface area (Å²) in [6.45, 7) is 0.550. The number of anilines is 2. The summed E-state index contributed by atoms with van der Waals surface area (Å²) >= 11 is 0. The SMILES string of the molecule is COc1ccc(CCNC(=O)c2ccnc(Nc3ccc(OC)cc3)c2)cc1. The van der Waals surface area contributed by atoms with Crippen LogP contribution in [0.25, 0.3) is 0 Å². The molecule has 0 fully saturated rings. The Morgan fingerprint density at radius 1 is 0.929 bits per heavy atom. The van der Waals surface area contributed by atoms with Crippen LogP contribution in [0.3, 0.4) is 0 Å². The third kappa shape index (κ3) is 5.23. The van der Waals surface area contributed by atoms with Gasteiger partial charge in [0, 0.05) is 24.0 Å². The van der Waals surface area contributed by atoms with Crippen molar-refractivity contribution in [2.45, 2.75) is 6.42 Å². The van der Waals surface area contributed by atoms with E-state index in [9.17, 15) is 4.79 Å². The predicted molar refractivity (Wildman–Crippen MR) is 110 cm³/mol. The summed E-state index contributed by atoms with van der Waals surface area (Å²) in [6.07, 6.45) is 2.36. The van der Waals surface area contributed by atoms with E-state index in [0.29, 0.717) is 17.9 Å². The maximum Gasteiger partial charge on any atom is 0.251 e. The van der Waals surface area contributed by atoms with E-state index in [1.54, 1.807) is 32.5 Å². The molecule has 0 aliphatic rings. The quantitative estimate of drug-likeness (QED) is 0.624. The van der Waals surface area contributed by atoms with E-state index >= 15 is 0 Å². The van der Waals surface area contributed by atoms with E-state index in [-0.39, 0.29) is 5.91 Å². The van der Waals surface area contributed by atoms with Crippen molar-refractivity contribution in [3.8, 4) is 11.5 Å². The zero-order valence-electron chi connectivity index (χ0n) is 15.9. The first kappa shape index (κ1) is 19.2. The van der Waals surface area contributed by atoms with Crippen molar-refractivity contribution in [2.75, 3.05) is 26.1 Å². The molecule has 1 amide bonds. The van der Waals surface area contributed by atoms with Crippen LogP contribution in [0.1, 0.15) is 15.9 Å². The highest BCUT2D eigenvalue weighted by atomic mass is 16.5. The van der Waals surface area contributed by atoms with E-state index in [4.69, 9.17) is 9.47 Å². The molecule has 0 saturated heterocycles. The average molecular weight is 377 g/mol. The molecular weight excluding hydrogens is 354 g/mol. The number of hydrogen-bond donors (Lipinski definition) is 2. The molecule has 0 aliphatic heterocycles. The normalized spacial score (nSPS) is 10.2. The fourth-order valence-corrected chi connectivity index (χ4v) is 2.68. The molecule has 2 N–H and O–H groups in total. The van der Waals surface area contributed by atoms with Gasteiger partial charge in [-0.2, -0.15) is 0 Å². The maximum atomic E-state index is 12.4. The molecule has 28 heavy (non-hydrogen) atoms. The van der Waals surface area contributed by atoms with Gasteiger partial charge in [0.2, 0.25) is 0 Å². The number of methoxy groups -OCH3 is 2. The zero-order chi connectivity index (χ0) is 19.8. The minimum Gasteiger partial charge on any atom is -0.497 e. The highest BCUT2D eigenvalue weighted by Crippen LogP contribution is 2.19. The van der Waals surface area contributed by atoms with Gasteiger partial charge in [-0.25, -0.2) is 4.98 Å². The number of amides is 1. The van der Waals surface area contributed by atoms with Crippen LogP contribution in [0.2, 0.25) is 0 Å². The topological polar surface area (TPSA) is 72.5 Å². The molecule has 3 rings (SSSR count). The summed E-state index contributed by atoms with van der Waals surface area (Å²) in [5.74, 6) is 2.08. The Kier molecular flexibility index (Phi) is 6.46. The predicted octanol–water partition coefficient (Wildman–Crippen LogP) is 3.81. The number of pyridine rings is 1. The first-order chi connectivity index (χ1) is 13.7. The van der Waals surface area contributed by atoms with Gasteiger partial charge in [0.25, 0.3) is 5.91 Å². The van der Waals surface area contributed by atoms with Crippen LogP contribution in [0.5, 0.6) is 11.5 Å². The first-order valence-corrected chi connectivity index (χ1v) is 8.96. The number of nitrogens with zero attached hydrogens (tertiary/aromatic N) is 1. The molecule has 2 aromatic carbocycles. The molecule has 0 unspecified atom stereocenters. The van der Waals surface area contributed by atoms with E-state index in [2.05, 4.69) is 15.6 Å². The van der Waals surface area contributed by atoms with Gasteiger partial charge in [-0.15, -0.1) is 0 Å². The van der Waals surface area contributed by atoms with Gasteiger partial charge in [-0.1, -0.05) is 12.1 Å². The van der Waals surface area contributed by atoms with Crippen molar-refractivity contribution < 1.29 is 14.3 Å². The molecule has 1 aromatic heterocycles. The van der Waals surface area contributed by atoms with E-state index in [0.717, 1.165) is 29.2 Å². The highest BCUT2D eigenvalue weighted by Gasteiger charge is 2.07. The van der Waals surface area contributed by atoms with Crippen LogP contribution >= 0.6 is 0 Å². The average Bonchev–Trinajstić information content (AvgIpc) is 2.75. The minimum atomic E-state index is -0.131. The van der Waals surface area contributed by atoms with Crippen molar-refractivity contribution in [3.05, 3.63) is 78.0 Å². The minimum absolute atomic E-state index is 0.131. The monoisotopic (exact) mass is 377 g/mol. The van der Waals surface area contributed by atoms with Crippen LogP contribution in [-0.2, 0) is 6.42 Å². The molecule has 0 aliphatic carbocycles. The number of ether oxygens (including phenoxy) is 2. The van der Waals surface area contributed by atoms with Crippen LogP contribution in [-0.4, -0.2) is 31.7 Å². The summed E-state index contributed by atoms with van der Waals surface area (Å²) in [6, 6.07) is 18.7. The lowest BCUT2D eigenvalue weighted by atomic mass is 10.1. The standard InChI is InChI=1S/C22H23N3O3/c1-27-19-7-3-16(4-8-19)11-13-24-22(26)17-12-14-23-21(15-17)25-18-5-9-20(28-2)10-6-18/h3-10,12,14-15H,11,13H2,1-2H3,(H,23,25)(H,24,26). The number of carbonyl (C=O) groups excluding carboxylic acids is 1. The van der Waals surface area contributed by atoms with Gasteiger partial charge in [0.15, 0.2) is 0 Å². The molecule has 0 atom stereocenters. The van der Waals surface area contributed by atoms with Crippen LogP contribution in [0.4, 0.5) is 11.5 Å². The third-order valence-electron chi connectivity index (χ3n) is 4.24. The van der Waals surface area contributed by atoms with Gasteiger partial charge < -0.3 is 20.1 Å². The van der Waals surface area contributed by atoms with Gasteiger partial charge in [0.05, 0.1) is 14.2 Å². The van der Waals surface area contributed by atoms with Gasteiger partial charge >= 0.3 is 0 Å². The van der Waals surface area contributed by atoms with Crippen molar-refractivity contribution >= 4 is 17.4 Å². The largest absolute Gasteiger partial charge is 0.497 e. The highest BCUT2D eigenvalue weighted by molar-refractivity contribution is 5.94. The Morgan fingerprint density at radius 2 is 1.57 bits per heavy atom. The van der Waals surface area contributed by atoms with E-state index < -0.39 is 0 Å². The third-order valence-corrected chi connectivity index (χ3v) is 4.24. The fraction of sp³-hybridized carbons (Fsp3) is 0.182. The number of benzene rings is 2. The summed E-state index contributed by atoms with van der Waals surface area (Å²) in [5.41, 5.74) is 2.56. The second-order valence-corrected chi connectivity index (χ2v) is 6.14. The maximum absolute atomic E-state index is 12.4. The Hall–Kier alpha value is -3.54. The Balaban J connectivity index is 1.55. The number of rotatable bonds is 8. The first-order valence-electron chi connectivity index (χ1n) is 8.96. The molecule has 0 saturated carbocycles. The smallest absolute Gasteiger partial charge is 0.251 e. The molecule has 0 radical (unpaired) electrons. The summed E-state index contributed by atoms with van der Waals surface area (Å²) in [5, 5.41) is 6.12. The van der Waals surface area contributed by atoms with Crippen molar-refractivity contribution in [3.63, 3.8) is 0 Å².